The number of fused-ring (bicyclic) bond motifs is 5. The summed E-state index contributed by atoms with van der Waals surface area (Å²) in [5.41, 5.74) is 3.25. The molecule has 2 unspecified atom stereocenters. The summed E-state index contributed by atoms with van der Waals surface area (Å²) >= 11 is 0. The normalized spacial score (nSPS) is 23.5. The average molecular weight is 297 g/mol. The molecule has 2 aromatic rings. The van der Waals surface area contributed by atoms with Crippen molar-refractivity contribution in [1.29, 1.82) is 0 Å². The number of aryl methyl sites for hydroxylation is 1. The Morgan fingerprint density at radius 2 is 1.38 bits per heavy atom. The maximum atomic E-state index is 13.0. The van der Waals surface area contributed by atoms with Crippen LogP contribution >= 0.6 is 0 Å². The Balaban J connectivity index is 1.81. The molecular weight excluding hydrogens is 282 g/mol. The molecule has 0 aromatic heterocycles. The van der Waals surface area contributed by atoms with Crippen molar-refractivity contribution in [1.82, 2.24) is 4.31 Å². The first-order chi connectivity index (χ1) is 10.1. The third kappa shape index (κ3) is 1.73. The lowest BCUT2D eigenvalue weighted by molar-refractivity contribution is 0.384. The highest BCUT2D eigenvalue weighted by atomic mass is 32.2. The zero-order valence-electron chi connectivity index (χ0n) is 11.6. The Labute approximate surface area is 124 Å². The third-order valence-corrected chi connectivity index (χ3v) is 6.13. The predicted molar refractivity (Wildman–Crippen MR) is 81.3 cm³/mol. The van der Waals surface area contributed by atoms with E-state index in [1.807, 2.05) is 55.5 Å². The van der Waals surface area contributed by atoms with Crippen LogP contribution in [0, 0.1) is 6.92 Å². The number of hydrogen-bond acceptors (Lipinski definition) is 2. The molecule has 0 N–H and O–H groups in total. The Morgan fingerprint density at radius 3 is 1.90 bits per heavy atom. The van der Waals surface area contributed by atoms with Crippen LogP contribution in [0.3, 0.4) is 0 Å². The molecule has 4 rings (SSSR count). The summed E-state index contributed by atoms with van der Waals surface area (Å²) in [7, 11) is -3.49. The van der Waals surface area contributed by atoms with E-state index in [0.29, 0.717) is 4.90 Å². The van der Waals surface area contributed by atoms with E-state index < -0.39 is 10.0 Å². The molecule has 2 atom stereocenters. The van der Waals surface area contributed by atoms with Crippen molar-refractivity contribution in [3.05, 3.63) is 77.4 Å². The Hall–Kier alpha value is -1.91. The molecule has 2 aromatic carbocycles. The summed E-state index contributed by atoms with van der Waals surface area (Å²) in [5, 5.41) is 0. The summed E-state index contributed by atoms with van der Waals surface area (Å²) in [5.74, 6) is 0. The van der Waals surface area contributed by atoms with E-state index in [0.717, 1.165) is 16.7 Å². The molecule has 2 aliphatic rings. The maximum absolute atomic E-state index is 13.0. The van der Waals surface area contributed by atoms with E-state index in [-0.39, 0.29) is 12.1 Å². The molecule has 21 heavy (non-hydrogen) atoms. The van der Waals surface area contributed by atoms with E-state index in [4.69, 9.17) is 0 Å². The Morgan fingerprint density at radius 1 is 0.857 bits per heavy atom. The molecule has 0 radical (unpaired) electrons. The standard InChI is InChI=1S/C17H15NO2S/c1-12-6-8-13(9-7-12)21(19,20)18-16-10-11-17(18)15-5-3-2-4-14(15)16/h2-11,16-17H,1H3. The van der Waals surface area contributed by atoms with Gasteiger partial charge in [-0.1, -0.05) is 54.1 Å². The van der Waals surface area contributed by atoms with Gasteiger partial charge in [0.2, 0.25) is 10.0 Å². The van der Waals surface area contributed by atoms with Gasteiger partial charge in [-0.25, -0.2) is 8.42 Å². The highest BCUT2D eigenvalue weighted by Gasteiger charge is 2.46. The van der Waals surface area contributed by atoms with Crippen molar-refractivity contribution in [2.24, 2.45) is 0 Å². The largest absolute Gasteiger partial charge is 0.244 e. The zero-order chi connectivity index (χ0) is 14.6. The van der Waals surface area contributed by atoms with Gasteiger partial charge in [0.1, 0.15) is 0 Å². The van der Waals surface area contributed by atoms with Crippen LogP contribution in [-0.4, -0.2) is 12.7 Å². The quantitative estimate of drug-likeness (QED) is 0.797. The van der Waals surface area contributed by atoms with Crippen molar-refractivity contribution in [3.8, 4) is 0 Å². The molecule has 0 spiro atoms. The maximum Gasteiger partial charge on any atom is 0.244 e. The molecule has 2 bridgehead atoms. The van der Waals surface area contributed by atoms with Crippen molar-refractivity contribution >= 4 is 10.0 Å². The molecule has 0 saturated carbocycles. The second-order valence-corrected chi connectivity index (χ2v) is 7.39. The molecule has 4 heteroatoms. The van der Waals surface area contributed by atoms with E-state index in [9.17, 15) is 8.42 Å². The van der Waals surface area contributed by atoms with Crippen LogP contribution in [0.15, 0.2) is 65.6 Å². The number of benzene rings is 2. The number of sulfonamides is 1. The van der Waals surface area contributed by atoms with Gasteiger partial charge in [0, 0.05) is 0 Å². The predicted octanol–water partition coefficient (Wildman–Crippen LogP) is 3.35. The van der Waals surface area contributed by atoms with Crippen LogP contribution in [-0.2, 0) is 10.0 Å². The fourth-order valence-electron chi connectivity index (χ4n) is 3.22. The van der Waals surface area contributed by atoms with Crippen LogP contribution in [0.5, 0.6) is 0 Å². The van der Waals surface area contributed by atoms with E-state index in [1.165, 1.54) is 0 Å². The van der Waals surface area contributed by atoms with Crippen LogP contribution in [0.2, 0.25) is 0 Å². The molecule has 0 fully saturated rings. The van der Waals surface area contributed by atoms with E-state index in [1.54, 1.807) is 16.4 Å². The van der Waals surface area contributed by atoms with Gasteiger partial charge in [0.25, 0.3) is 0 Å². The van der Waals surface area contributed by atoms with Gasteiger partial charge in [0.05, 0.1) is 17.0 Å². The van der Waals surface area contributed by atoms with Gasteiger partial charge in [-0.05, 0) is 30.2 Å². The fraction of sp³-hybridized carbons (Fsp3) is 0.176. The molecule has 0 saturated heterocycles. The molecule has 0 aliphatic carbocycles. The first-order valence-electron chi connectivity index (χ1n) is 6.96. The SMILES string of the molecule is Cc1ccc(S(=O)(=O)N2C3C=CC2c2ccccc23)cc1. The van der Waals surface area contributed by atoms with Gasteiger partial charge < -0.3 is 0 Å². The lowest BCUT2D eigenvalue weighted by Gasteiger charge is -2.22. The zero-order valence-corrected chi connectivity index (χ0v) is 12.4. The molecular formula is C17H15NO2S. The summed E-state index contributed by atoms with van der Waals surface area (Å²) in [4.78, 5) is 0.361. The van der Waals surface area contributed by atoms with Crippen molar-refractivity contribution < 1.29 is 8.42 Å². The van der Waals surface area contributed by atoms with E-state index >= 15 is 0 Å². The summed E-state index contributed by atoms with van der Waals surface area (Å²) in [6, 6.07) is 14.7. The Kier molecular flexibility index (Phi) is 2.62. The van der Waals surface area contributed by atoms with E-state index in [2.05, 4.69) is 0 Å². The highest BCUT2D eigenvalue weighted by Crippen LogP contribution is 2.51. The van der Waals surface area contributed by atoms with Crippen molar-refractivity contribution in [2.75, 3.05) is 0 Å². The second-order valence-electron chi connectivity index (χ2n) is 5.55. The lowest BCUT2D eigenvalue weighted by atomic mass is 9.97. The van der Waals surface area contributed by atoms with Crippen molar-refractivity contribution in [3.63, 3.8) is 0 Å². The smallest absolute Gasteiger partial charge is 0.207 e. The monoisotopic (exact) mass is 297 g/mol. The molecule has 3 nitrogen and oxygen atoms in total. The molecule has 2 aliphatic heterocycles. The second kappa shape index (κ2) is 4.29. The van der Waals surface area contributed by atoms with Crippen LogP contribution in [0.1, 0.15) is 28.8 Å². The van der Waals surface area contributed by atoms with Gasteiger partial charge in [0.15, 0.2) is 0 Å². The van der Waals surface area contributed by atoms with Crippen molar-refractivity contribution in [2.45, 2.75) is 23.9 Å². The minimum absolute atomic E-state index is 0.169. The average Bonchev–Trinajstić information content (AvgIpc) is 3.05. The first kappa shape index (κ1) is 12.8. The topological polar surface area (TPSA) is 37.4 Å². The molecule has 2 heterocycles. The third-order valence-electron chi connectivity index (χ3n) is 4.25. The lowest BCUT2D eigenvalue weighted by Crippen LogP contribution is -2.28. The number of hydrogen-bond donors (Lipinski definition) is 0. The molecule has 0 amide bonds. The summed E-state index contributed by atoms with van der Waals surface area (Å²) in [6.07, 6.45) is 3.97. The van der Waals surface area contributed by atoms with Crippen LogP contribution in [0.25, 0.3) is 0 Å². The Bertz CT molecular complexity index is 804. The fourth-order valence-corrected chi connectivity index (χ4v) is 4.90. The van der Waals surface area contributed by atoms with Gasteiger partial charge in [-0.3, -0.25) is 0 Å². The van der Waals surface area contributed by atoms with Crippen LogP contribution in [0.4, 0.5) is 0 Å². The minimum atomic E-state index is -3.49. The number of rotatable bonds is 2. The minimum Gasteiger partial charge on any atom is -0.207 e. The molecule has 106 valence electrons. The van der Waals surface area contributed by atoms with Gasteiger partial charge in [-0.2, -0.15) is 4.31 Å². The van der Waals surface area contributed by atoms with Crippen LogP contribution < -0.4 is 0 Å². The van der Waals surface area contributed by atoms with Gasteiger partial charge in [-0.15, -0.1) is 0 Å². The van der Waals surface area contributed by atoms with Gasteiger partial charge >= 0.3 is 0 Å². The summed E-state index contributed by atoms with van der Waals surface area (Å²) in [6.45, 7) is 1.95. The summed E-state index contributed by atoms with van der Waals surface area (Å²) < 4.78 is 27.5. The number of nitrogens with zero attached hydrogens (tertiary/aromatic N) is 1. The highest BCUT2D eigenvalue weighted by molar-refractivity contribution is 7.89. The first-order valence-corrected chi connectivity index (χ1v) is 8.40.